The van der Waals surface area contributed by atoms with Crippen LogP contribution in [-0.4, -0.2) is 24.6 Å². The highest BCUT2D eigenvalue weighted by Crippen LogP contribution is 2.25. The van der Waals surface area contributed by atoms with Gasteiger partial charge in [-0.1, -0.05) is 6.07 Å². The van der Waals surface area contributed by atoms with Crippen LogP contribution in [0.15, 0.2) is 18.2 Å². The molecular weight excluding hydrogens is 253 g/mol. The predicted octanol–water partition coefficient (Wildman–Crippen LogP) is 1.02. The number of amides is 3. The number of anilines is 1. The number of hydrogen-bond donors (Lipinski definition) is 3. The summed E-state index contributed by atoms with van der Waals surface area (Å²) in [5.41, 5.74) is 5.62. The number of urea groups is 1. The van der Waals surface area contributed by atoms with Crippen molar-refractivity contribution in [1.82, 2.24) is 10.6 Å². The van der Waals surface area contributed by atoms with Gasteiger partial charge in [-0.2, -0.15) is 0 Å². The number of nitrogens with one attached hydrogen (secondary N) is 2. The summed E-state index contributed by atoms with van der Waals surface area (Å²) < 4.78 is 18.6. The van der Waals surface area contributed by atoms with Gasteiger partial charge in [0.2, 0.25) is 0 Å². The minimum absolute atomic E-state index is 0.0812. The molecular formula is C12H16FN3O3. The third kappa shape index (κ3) is 4.13. The molecule has 1 aromatic rings. The Morgan fingerprint density at radius 1 is 1.47 bits per heavy atom. The fourth-order valence-electron chi connectivity index (χ4n) is 1.30. The van der Waals surface area contributed by atoms with Crippen molar-refractivity contribution < 1.29 is 18.7 Å². The number of carbonyl (C=O) groups is 2. The smallest absolute Gasteiger partial charge is 0.321 e. The van der Waals surface area contributed by atoms with Gasteiger partial charge in [-0.3, -0.25) is 10.1 Å². The van der Waals surface area contributed by atoms with Crippen molar-refractivity contribution in [3.05, 3.63) is 24.0 Å². The first-order chi connectivity index (χ1) is 8.95. The summed E-state index contributed by atoms with van der Waals surface area (Å²) in [5.74, 6) is -1.56. The zero-order valence-corrected chi connectivity index (χ0v) is 10.7. The molecule has 6 nitrogen and oxygen atoms in total. The van der Waals surface area contributed by atoms with Gasteiger partial charge in [-0.15, -0.1) is 0 Å². The molecule has 0 fully saturated rings. The molecule has 0 aliphatic heterocycles. The summed E-state index contributed by atoms with van der Waals surface area (Å²) in [4.78, 5) is 22.7. The van der Waals surface area contributed by atoms with E-state index in [0.717, 1.165) is 0 Å². The van der Waals surface area contributed by atoms with Crippen LogP contribution in [0.3, 0.4) is 0 Å². The van der Waals surface area contributed by atoms with E-state index >= 15 is 0 Å². The van der Waals surface area contributed by atoms with Gasteiger partial charge in [0, 0.05) is 6.54 Å². The summed E-state index contributed by atoms with van der Waals surface area (Å²) in [6, 6.07) is 3.41. The van der Waals surface area contributed by atoms with Crippen molar-refractivity contribution in [2.75, 3.05) is 12.3 Å². The molecule has 0 aliphatic carbocycles. The van der Waals surface area contributed by atoms with E-state index in [1.807, 2.05) is 0 Å². The second-order valence-electron chi connectivity index (χ2n) is 3.77. The second-order valence-corrected chi connectivity index (χ2v) is 3.77. The van der Waals surface area contributed by atoms with Gasteiger partial charge < -0.3 is 15.8 Å². The van der Waals surface area contributed by atoms with Crippen molar-refractivity contribution in [2.24, 2.45) is 0 Å². The first-order valence-corrected chi connectivity index (χ1v) is 5.75. The molecule has 3 amide bonds. The summed E-state index contributed by atoms with van der Waals surface area (Å²) >= 11 is 0. The molecule has 1 atom stereocenters. The molecule has 1 unspecified atom stereocenters. The maximum absolute atomic E-state index is 13.4. The maximum atomic E-state index is 13.4. The lowest BCUT2D eigenvalue weighted by molar-refractivity contribution is -0.126. The lowest BCUT2D eigenvalue weighted by Gasteiger charge is -2.16. The van der Waals surface area contributed by atoms with E-state index in [1.165, 1.54) is 25.1 Å². The summed E-state index contributed by atoms with van der Waals surface area (Å²) in [6.45, 7) is 3.49. The predicted molar refractivity (Wildman–Crippen MR) is 68.1 cm³/mol. The summed E-state index contributed by atoms with van der Waals surface area (Å²) in [6.07, 6.45) is -1.05. The lowest BCUT2D eigenvalue weighted by atomic mass is 10.3. The molecule has 104 valence electrons. The Balaban J connectivity index is 2.66. The Labute approximate surface area is 110 Å². The van der Waals surface area contributed by atoms with Crippen LogP contribution >= 0.6 is 0 Å². The zero-order valence-electron chi connectivity index (χ0n) is 10.7. The van der Waals surface area contributed by atoms with Gasteiger partial charge in [0.05, 0.1) is 5.69 Å². The Morgan fingerprint density at radius 2 is 2.16 bits per heavy atom. The van der Waals surface area contributed by atoms with Gasteiger partial charge >= 0.3 is 6.03 Å². The fraction of sp³-hybridized carbons (Fsp3) is 0.333. The molecule has 0 spiro atoms. The number of nitrogens with two attached hydrogens (primary N) is 1. The van der Waals surface area contributed by atoms with Crippen LogP contribution < -0.4 is 21.1 Å². The Bertz CT molecular complexity index is 459. The normalized spacial score (nSPS) is 11.5. The van der Waals surface area contributed by atoms with E-state index in [0.29, 0.717) is 6.54 Å². The van der Waals surface area contributed by atoms with Crippen molar-refractivity contribution in [2.45, 2.75) is 20.0 Å². The zero-order chi connectivity index (χ0) is 14.4. The number of imide groups is 1. The third-order valence-electron chi connectivity index (χ3n) is 2.24. The number of benzene rings is 1. The van der Waals surface area contributed by atoms with Crippen LogP contribution in [0.1, 0.15) is 13.8 Å². The highest BCUT2D eigenvalue weighted by Gasteiger charge is 2.19. The quantitative estimate of drug-likeness (QED) is 0.711. The number of hydrogen-bond acceptors (Lipinski definition) is 4. The number of halogens is 1. The number of carbonyl (C=O) groups excluding carboxylic acids is 2. The Morgan fingerprint density at radius 3 is 2.74 bits per heavy atom. The van der Waals surface area contributed by atoms with Crippen LogP contribution in [0, 0.1) is 5.82 Å². The van der Waals surface area contributed by atoms with Gasteiger partial charge in [-0.05, 0) is 26.0 Å². The van der Waals surface area contributed by atoms with Crippen molar-refractivity contribution in [3.63, 3.8) is 0 Å². The molecule has 0 radical (unpaired) electrons. The van der Waals surface area contributed by atoms with Gasteiger partial charge in [-0.25, -0.2) is 9.18 Å². The van der Waals surface area contributed by atoms with Crippen molar-refractivity contribution in [3.8, 4) is 5.75 Å². The molecule has 0 heterocycles. The third-order valence-corrected chi connectivity index (χ3v) is 2.24. The van der Waals surface area contributed by atoms with Crippen molar-refractivity contribution >= 4 is 17.6 Å². The van der Waals surface area contributed by atoms with Crippen LogP contribution in [0.4, 0.5) is 14.9 Å². The molecule has 7 heteroatoms. The topological polar surface area (TPSA) is 93.5 Å². The van der Waals surface area contributed by atoms with Gasteiger partial charge in [0.15, 0.2) is 17.7 Å². The molecule has 19 heavy (non-hydrogen) atoms. The molecule has 1 rings (SSSR count). The van der Waals surface area contributed by atoms with E-state index in [4.69, 9.17) is 10.5 Å². The van der Waals surface area contributed by atoms with Crippen molar-refractivity contribution in [1.29, 1.82) is 0 Å². The Hall–Kier alpha value is -2.31. The number of para-hydroxylation sites is 1. The highest BCUT2D eigenvalue weighted by molar-refractivity contribution is 5.96. The average Bonchev–Trinajstić information content (AvgIpc) is 2.34. The maximum Gasteiger partial charge on any atom is 0.321 e. The minimum Gasteiger partial charge on any atom is -0.476 e. The van der Waals surface area contributed by atoms with Crippen LogP contribution in [0.5, 0.6) is 5.75 Å². The van der Waals surface area contributed by atoms with E-state index in [2.05, 4.69) is 10.6 Å². The van der Waals surface area contributed by atoms with Crippen LogP contribution in [-0.2, 0) is 4.79 Å². The molecule has 0 aromatic heterocycles. The van der Waals surface area contributed by atoms with E-state index < -0.39 is 23.9 Å². The minimum atomic E-state index is -1.05. The molecule has 1 aromatic carbocycles. The lowest BCUT2D eigenvalue weighted by Crippen LogP contribution is -2.45. The van der Waals surface area contributed by atoms with Gasteiger partial charge in [0.1, 0.15) is 0 Å². The van der Waals surface area contributed by atoms with Crippen LogP contribution in [0.2, 0.25) is 0 Å². The van der Waals surface area contributed by atoms with Gasteiger partial charge in [0.25, 0.3) is 5.91 Å². The summed E-state index contributed by atoms with van der Waals surface area (Å²) in [7, 11) is 0. The summed E-state index contributed by atoms with van der Waals surface area (Å²) in [5, 5.41) is 4.46. The van der Waals surface area contributed by atoms with E-state index in [1.54, 1.807) is 6.92 Å². The average molecular weight is 269 g/mol. The Kier molecular flexibility index (Phi) is 5.11. The SMILES string of the molecule is CCNC(=O)NC(=O)C(C)Oc1c(N)cccc1F. The fourth-order valence-corrected chi connectivity index (χ4v) is 1.30. The largest absolute Gasteiger partial charge is 0.476 e. The van der Waals surface area contributed by atoms with E-state index in [9.17, 15) is 14.0 Å². The number of rotatable bonds is 4. The molecule has 0 saturated heterocycles. The number of nitrogen functional groups attached to an aromatic ring is 1. The molecule has 4 N–H and O–H groups in total. The first-order valence-electron chi connectivity index (χ1n) is 5.75. The second kappa shape index (κ2) is 6.58. The molecule has 0 saturated carbocycles. The van der Waals surface area contributed by atoms with E-state index in [-0.39, 0.29) is 11.4 Å². The standard InChI is InChI=1S/C12H16FN3O3/c1-3-15-12(18)16-11(17)7(2)19-10-8(13)5-4-6-9(10)14/h4-7H,3,14H2,1-2H3,(H2,15,16,17,18). The highest BCUT2D eigenvalue weighted by atomic mass is 19.1. The van der Waals surface area contributed by atoms with Crippen LogP contribution in [0.25, 0.3) is 0 Å². The molecule has 0 bridgehead atoms. The monoisotopic (exact) mass is 269 g/mol. The molecule has 0 aliphatic rings. The number of ether oxygens (including phenoxy) is 1. The first kappa shape index (κ1) is 14.7.